The van der Waals surface area contributed by atoms with E-state index in [0.29, 0.717) is 19.4 Å². The molecule has 2 heterocycles. The highest BCUT2D eigenvalue weighted by Crippen LogP contribution is 2.23. The van der Waals surface area contributed by atoms with Gasteiger partial charge < -0.3 is 15.5 Å². The monoisotopic (exact) mass is 340 g/mol. The van der Waals surface area contributed by atoms with Crippen LogP contribution in [0, 0.1) is 6.92 Å². The summed E-state index contributed by atoms with van der Waals surface area (Å²) in [6.07, 6.45) is 1.09. The van der Waals surface area contributed by atoms with Crippen molar-refractivity contribution >= 4 is 11.5 Å². The maximum absolute atomic E-state index is 10.5. The van der Waals surface area contributed by atoms with Crippen LogP contribution in [0.3, 0.4) is 0 Å². The number of benzene rings is 1. The Morgan fingerprint density at radius 3 is 2.68 bits per heavy atom. The Kier molecular flexibility index (Phi) is 5.01. The number of hydrogen-bond donors (Lipinski definition) is 3. The number of hydrogen-bond acceptors (Lipinski definition) is 5. The maximum Gasteiger partial charge on any atom is 0.158 e. The molecule has 6 heteroatoms. The van der Waals surface area contributed by atoms with Crippen LogP contribution in [-0.2, 0) is 0 Å². The number of nitrogens with zero attached hydrogens (tertiary/aromatic N) is 3. The lowest BCUT2D eigenvalue weighted by atomic mass is 10.0. The van der Waals surface area contributed by atoms with Gasteiger partial charge in [0.05, 0.1) is 17.0 Å². The summed E-state index contributed by atoms with van der Waals surface area (Å²) >= 11 is 0. The molecule has 0 spiro atoms. The molecule has 1 atom stereocenters. The Balaban J connectivity index is 1.93. The number of nitrogens with one attached hydrogen (secondary N) is 1. The van der Waals surface area contributed by atoms with Crippen molar-refractivity contribution in [2.45, 2.75) is 32.3 Å². The fourth-order valence-corrected chi connectivity index (χ4v) is 2.80. The Hall–Kier alpha value is -2.44. The number of rotatable bonds is 7. The lowest BCUT2D eigenvalue weighted by molar-refractivity contribution is 0.0564. The highest BCUT2D eigenvalue weighted by atomic mass is 16.3. The molecule has 2 aromatic heterocycles. The molecule has 6 nitrogen and oxygen atoms in total. The number of aryl methyl sites for hydroxylation is 1. The fraction of sp³-hybridized carbons (Fsp3) is 0.368. The second-order valence-corrected chi connectivity index (χ2v) is 6.63. The third-order valence-electron chi connectivity index (χ3n) is 4.14. The van der Waals surface area contributed by atoms with Crippen LogP contribution in [0.15, 0.2) is 42.5 Å². The van der Waals surface area contributed by atoms with E-state index < -0.39 is 5.60 Å². The lowest BCUT2D eigenvalue weighted by Crippen LogP contribution is -2.34. The van der Waals surface area contributed by atoms with Gasteiger partial charge in [0, 0.05) is 30.8 Å². The first kappa shape index (κ1) is 17.4. The van der Waals surface area contributed by atoms with E-state index in [4.69, 9.17) is 5.11 Å². The maximum atomic E-state index is 10.5. The highest BCUT2D eigenvalue weighted by Gasteiger charge is 2.20. The van der Waals surface area contributed by atoms with Gasteiger partial charge in [0.15, 0.2) is 5.65 Å². The average molecular weight is 340 g/mol. The number of anilines is 1. The molecule has 0 unspecified atom stereocenters. The van der Waals surface area contributed by atoms with E-state index in [-0.39, 0.29) is 6.61 Å². The third-order valence-corrected chi connectivity index (χ3v) is 4.14. The van der Waals surface area contributed by atoms with Crippen molar-refractivity contribution in [2.75, 3.05) is 18.5 Å². The number of aliphatic hydroxyl groups excluding tert-OH is 1. The topological polar surface area (TPSA) is 82.7 Å². The molecule has 0 aliphatic heterocycles. The molecule has 0 fully saturated rings. The van der Waals surface area contributed by atoms with Crippen molar-refractivity contribution in [1.29, 1.82) is 0 Å². The minimum absolute atomic E-state index is 0.0756. The summed E-state index contributed by atoms with van der Waals surface area (Å²) in [5, 5.41) is 27.2. The van der Waals surface area contributed by atoms with Crippen molar-refractivity contribution in [1.82, 2.24) is 14.6 Å². The minimum Gasteiger partial charge on any atom is -0.396 e. The first-order chi connectivity index (χ1) is 12.0. The van der Waals surface area contributed by atoms with Crippen molar-refractivity contribution in [3.63, 3.8) is 0 Å². The zero-order chi connectivity index (χ0) is 17.9. The molecule has 0 saturated heterocycles. The van der Waals surface area contributed by atoms with Crippen LogP contribution >= 0.6 is 0 Å². The van der Waals surface area contributed by atoms with Gasteiger partial charge in [-0.25, -0.2) is 4.98 Å². The third kappa shape index (κ3) is 4.15. The largest absolute Gasteiger partial charge is 0.396 e. The van der Waals surface area contributed by atoms with Crippen molar-refractivity contribution < 1.29 is 10.2 Å². The van der Waals surface area contributed by atoms with E-state index in [0.717, 1.165) is 28.4 Å². The Labute approximate surface area is 147 Å². The summed E-state index contributed by atoms with van der Waals surface area (Å²) in [6, 6.07) is 13.8. The van der Waals surface area contributed by atoms with Crippen molar-refractivity contribution in [3.8, 4) is 11.3 Å². The molecular weight excluding hydrogens is 316 g/mol. The molecule has 3 N–H and O–H groups in total. The molecule has 0 bridgehead atoms. The van der Waals surface area contributed by atoms with Crippen LogP contribution in [0.1, 0.15) is 25.5 Å². The Morgan fingerprint density at radius 2 is 1.96 bits per heavy atom. The zero-order valence-electron chi connectivity index (χ0n) is 14.6. The standard InChI is InChI=1S/C19H24N4O2/c1-14-11-18-21-16(15-7-4-3-5-8-15)12-17(23(18)22-14)20-13-19(2,25)9-6-10-24/h3-5,7-8,11-12,20,24-25H,6,9-10,13H2,1-2H3/t19-/m1/s1. The van der Waals surface area contributed by atoms with E-state index >= 15 is 0 Å². The highest BCUT2D eigenvalue weighted by molar-refractivity contribution is 5.66. The molecule has 0 aliphatic rings. The van der Waals surface area contributed by atoms with Gasteiger partial charge in [-0.1, -0.05) is 30.3 Å². The smallest absolute Gasteiger partial charge is 0.158 e. The van der Waals surface area contributed by atoms with Gasteiger partial charge in [-0.15, -0.1) is 0 Å². The average Bonchev–Trinajstić information content (AvgIpc) is 2.99. The summed E-state index contributed by atoms with van der Waals surface area (Å²) in [5.74, 6) is 0.779. The first-order valence-corrected chi connectivity index (χ1v) is 8.48. The molecule has 3 rings (SSSR count). The molecule has 0 radical (unpaired) electrons. The van der Waals surface area contributed by atoms with Crippen molar-refractivity contribution in [2.24, 2.45) is 0 Å². The van der Waals surface area contributed by atoms with Crippen LogP contribution in [0.5, 0.6) is 0 Å². The van der Waals surface area contributed by atoms with Gasteiger partial charge in [-0.2, -0.15) is 9.61 Å². The molecule has 0 amide bonds. The molecule has 0 saturated carbocycles. The summed E-state index contributed by atoms with van der Waals surface area (Å²) in [4.78, 5) is 4.69. The number of fused-ring (bicyclic) bond motifs is 1. The molecule has 132 valence electrons. The summed E-state index contributed by atoms with van der Waals surface area (Å²) in [5.41, 5.74) is 2.61. The Morgan fingerprint density at radius 1 is 1.20 bits per heavy atom. The summed E-state index contributed by atoms with van der Waals surface area (Å²) < 4.78 is 1.75. The predicted octanol–water partition coefficient (Wildman–Crippen LogP) is 2.64. The number of aliphatic hydroxyl groups is 2. The van der Waals surface area contributed by atoms with Gasteiger partial charge in [0.2, 0.25) is 0 Å². The van der Waals surface area contributed by atoms with Crippen molar-refractivity contribution in [3.05, 3.63) is 48.2 Å². The SMILES string of the molecule is Cc1cc2nc(-c3ccccc3)cc(NC[C@](C)(O)CCCO)n2n1. The quantitative estimate of drug-likeness (QED) is 0.616. The lowest BCUT2D eigenvalue weighted by Gasteiger charge is -2.24. The second-order valence-electron chi connectivity index (χ2n) is 6.63. The van der Waals surface area contributed by atoms with E-state index in [2.05, 4.69) is 15.4 Å². The van der Waals surface area contributed by atoms with Gasteiger partial charge in [-0.3, -0.25) is 0 Å². The van der Waals surface area contributed by atoms with Crippen LogP contribution in [0.25, 0.3) is 16.9 Å². The normalized spacial score (nSPS) is 13.8. The molecular formula is C19H24N4O2. The van der Waals surface area contributed by atoms with E-state index in [1.807, 2.05) is 49.4 Å². The van der Waals surface area contributed by atoms with Gasteiger partial charge in [-0.05, 0) is 26.7 Å². The zero-order valence-corrected chi connectivity index (χ0v) is 14.6. The molecule has 25 heavy (non-hydrogen) atoms. The van der Waals surface area contributed by atoms with E-state index in [1.54, 1.807) is 11.4 Å². The fourth-order valence-electron chi connectivity index (χ4n) is 2.80. The minimum atomic E-state index is -0.909. The number of aromatic nitrogens is 3. The molecule has 0 aliphatic carbocycles. The van der Waals surface area contributed by atoms with Crippen LogP contribution in [0.4, 0.5) is 5.82 Å². The van der Waals surface area contributed by atoms with Crippen LogP contribution < -0.4 is 5.32 Å². The Bertz CT molecular complexity index is 843. The molecule has 3 aromatic rings. The summed E-state index contributed by atoms with van der Waals surface area (Å²) in [6.45, 7) is 4.13. The van der Waals surface area contributed by atoms with E-state index in [1.165, 1.54) is 0 Å². The summed E-state index contributed by atoms with van der Waals surface area (Å²) in [7, 11) is 0. The van der Waals surface area contributed by atoms with E-state index in [9.17, 15) is 5.11 Å². The predicted molar refractivity (Wildman–Crippen MR) is 98.6 cm³/mol. The second kappa shape index (κ2) is 7.21. The molecule has 1 aromatic carbocycles. The first-order valence-electron chi connectivity index (χ1n) is 8.48. The van der Waals surface area contributed by atoms with Crippen LogP contribution in [-0.4, -0.2) is 43.6 Å². The van der Waals surface area contributed by atoms with Gasteiger partial charge >= 0.3 is 0 Å². The van der Waals surface area contributed by atoms with Gasteiger partial charge in [0.1, 0.15) is 5.82 Å². The van der Waals surface area contributed by atoms with Crippen LogP contribution in [0.2, 0.25) is 0 Å². The van der Waals surface area contributed by atoms with Gasteiger partial charge in [0.25, 0.3) is 0 Å².